The van der Waals surface area contributed by atoms with Crippen molar-refractivity contribution in [2.24, 2.45) is 0 Å². The van der Waals surface area contributed by atoms with Crippen molar-refractivity contribution in [1.29, 1.82) is 0 Å². The maximum atomic E-state index is 13.8. The van der Waals surface area contributed by atoms with Crippen LogP contribution in [0.15, 0.2) is 48.5 Å². The maximum absolute atomic E-state index is 13.8. The minimum atomic E-state index is -7.56. The Morgan fingerprint density at radius 1 is 0.676 bits per heavy atom. The average Bonchev–Trinajstić information content (AvgIpc) is 2.82. The Balaban J connectivity index is 2.07. The Hall–Kier alpha value is -2.64. The van der Waals surface area contributed by atoms with E-state index < -0.39 is 49.3 Å². The number of benzene rings is 2. The minimum Gasteiger partial charge on any atom is -0.494 e. The van der Waals surface area contributed by atoms with Gasteiger partial charge in [-0.1, -0.05) is 43.3 Å². The summed E-state index contributed by atoms with van der Waals surface area (Å²) in [6.45, 7) is -1.04. The van der Waals surface area contributed by atoms with Gasteiger partial charge in [0.05, 0.1) is 13.2 Å². The van der Waals surface area contributed by atoms with Gasteiger partial charge in [-0.15, -0.1) is 0 Å². The van der Waals surface area contributed by atoms with E-state index in [0.717, 1.165) is 6.42 Å². The van der Waals surface area contributed by atoms with E-state index in [9.17, 15) is 52.7 Å². The minimum absolute atomic E-state index is 0.0760. The van der Waals surface area contributed by atoms with Crippen molar-refractivity contribution in [2.45, 2.75) is 56.0 Å². The third-order valence-electron chi connectivity index (χ3n) is 5.11. The fraction of sp³-hybridized carbons (Fsp3) is 0.478. The fourth-order valence-electron chi connectivity index (χ4n) is 2.92. The van der Waals surface area contributed by atoms with Crippen LogP contribution in [0.4, 0.5) is 52.7 Å². The first-order chi connectivity index (χ1) is 16.9. The van der Waals surface area contributed by atoms with Gasteiger partial charge in [-0.25, -0.2) is 8.78 Å². The Bertz CT molecular complexity index is 1010. The second-order valence-electron chi connectivity index (χ2n) is 7.91. The SMILES string of the molecule is CCCOc1ccc(-c2ccc(COCC(F)(F)C(F)(F)C(F)(F)C(F)(F)C(F)(F)C(F)F)cc2)cc1. The van der Waals surface area contributed by atoms with Gasteiger partial charge in [0, 0.05) is 0 Å². The van der Waals surface area contributed by atoms with Gasteiger partial charge in [0.2, 0.25) is 0 Å². The maximum Gasteiger partial charge on any atom is 0.384 e. The van der Waals surface area contributed by atoms with Crippen molar-refractivity contribution < 1.29 is 62.2 Å². The molecule has 0 fully saturated rings. The van der Waals surface area contributed by atoms with Gasteiger partial charge < -0.3 is 9.47 Å². The molecule has 0 aromatic heterocycles. The molecule has 208 valence electrons. The molecule has 2 aromatic carbocycles. The summed E-state index contributed by atoms with van der Waals surface area (Å²) in [5, 5.41) is 0. The van der Waals surface area contributed by atoms with Crippen LogP contribution in [0.3, 0.4) is 0 Å². The second-order valence-corrected chi connectivity index (χ2v) is 7.91. The summed E-state index contributed by atoms with van der Waals surface area (Å²) < 4.78 is 168. The van der Waals surface area contributed by atoms with Crippen molar-refractivity contribution in [1.82, 2.24) is 0 Å². The van der Waals surface area contributed by atoms with Crippen molar-refractivity contribution in [2.75, 3.05) is 13.2 Å². The molecule has 0 atom stereocenters. The van der Waals surface area contributed by atoms with Gasteiger partial charge >= 0.3 is 36.0 Å². The summed E-state index contributed by atoms with van der Waals surface area (Å²) in [4.78, 5) is 0. The van der Waals surface area contributed by atoms with E-state index in [1.165, 1.54) is 24.3 Å². The van der Waals surface area contributed by atoms with Crippen LogP contribution in [0, 0.1) is 0 Å². The molecule has 0 amide bonds. The summed E-state index contributed by atoms with van der Waals surface area (Å²) in [6.07, 6.45) is -4.73. The summed E-state index contributed by atoms with van der Waals surface area (Å²) in [7, 11) is 0. The highest BCUT2D eigenvalue weighted by molar-refractivity contribution is 5.64. The molecule has 0 spiro atoms. The molecular weight excluding hydrogens is 536 g/mol. The van der Waals surface area contributed by atoms with Gasteiger partial charge in [0.15, 0.2) is 0 Å². The van der Waals surface area contributed by atoms with Crippen molar-refractivity contribution >= 4 is 0 Å². The lowest BCUT2D eigenvalue weighted by Crippen LogP contribution is -2.69. The molecule has 0 saturated heterocycles. The third-order valence-corrected chi connectivity index (χ3v) is 5.11. The molecule has 0 heterocycles. The molecule has 0 bridgehead atoms. The normalized spacial score (nSPS) is 13.8. The molecule has 2 rings (SSSR count). The topological polar surface area (TPSA) is 18.5 Å². The van der Waals surface area contributed by atoms with E-state index in [0.29, 0.717) is 23.5 Å². The standard InChI is InChI=1S/C23H20F12O2/c1-2-11-37-17-9-7-16(8-10-17)15-5-3-14(4-6-15)12-36-13-19(26,27)21(30,31)23(34,35)22(32,33)20(28,29)18(24)25/h3-10,18H,2,11-13H2,1H3. The van der Waals surface area contributed by atoms with Gasteiger partial charge in [-0.05, 0) is 35.2 Å². The van der Waals surface area contributed by atoms with Crippen LogP contribution in [0.25, 0.3) is 11.1 Å². The highest BCUT2D eigenvalue weighted by Crippen LogP contribution is 2.58. The third kappa shape index (κ3) is 5.93. The van der Waals surface area contributed by atoms with Crippen LogP contribution in [-0.4, -0.2) is 49.3 Å². The van der Waals surface area contributed by atoms with Crippen molar-refractivity contribution in [3.05, 3.63) is 54.1 Å². The highest BCUT2D eigenvalue weighted by Gasteiger charge is 2.87. The summed E-state index contributed by atoms with van der Waals surface area (Å²) in [6, 6.07) is 12.4. The molecule has 37 heavy (non-hydrogen) atoms. The van der Waals surface area contributed by atoms with Gasteiger partial charge in [0.25, 0.3) is 0 Å². The van der Waals surface area contributed by atoms with Crippen LogP contribution >= 0.6 is 0 Å². The van der Waals surface area contributed by atoms with Crippen LogP contribution in [-0.2, 0) is 11.3 Å². The van der Waals surface area contributed by atoms with E-state index >= 15 is 0 Å². The Morgan fingerprint density at radius 2 is 1.16 bits per heavy atom. The summed E-state index contributed by atoms with van der Waals surface area (Å²) in [5.41, 5.74) is 1.42. The molecule has 2 nitrogen and oxygen atoms in total. The molecule has 0 aliphatic heterocycles. The van der Waals surface area contributed by atoms with E-state index in [4.69, 9.17) is 4.74 Å². The number of alkyl halides is 12. The number of hydrogen-bond donors (Lipinski definition) is 0. The zero-order chi connectivity index (χ0) is 28.3. The molecule has 0 aliphatic carbocycles. The van der Waals surface area contributed by atoms with Crippen LogP contribution in [0.1, 0.15) is 18.9 Å². The Kier molecular flexibility index (Phi) is 9.09. The lowest BCUT2D eigenvalue weighted by atomic mass is 9.94. The second kappa shape index (κ2) is 11.0. The molecule has 0 N–H and O–H groups in total. The lowest BCUT2D eigenvalue weighted by Gasteiger charge is -2.39. The molecule has 0 radical (unpaired) electrons. The monoisotopic (exact) mass is 556 g/mol. The predicted molar refractivity (Wildman–Crippen MR) is 108 cm³/mol. The molecule has 0 unspecified atom stereocenters. The number of hydrogen-bond acceptors (Lipinski definition) is 2. The zero-order valence-electron chi connectivity index (χ0n) is 18.9. The largest absolute Gasteiger partial charge is 0.494 e. The smallest absolute Gasteiger partial charge is 0.384 e. The van der Waals surface area contributed by atoms with Crippen LogP contribution < -0.4 is 4.74 Å². The van der Waals surface area contributed by atoms with Crippen LogP contribution in [0.2, 0.25) is 0 Å². The van der Waals surface area contributed by atoms with Crippen LogP contribution in [0.5, 0.6) is 5.75 Å². The molecule has 2 aromatic rings. The molecular formula is C23H20F12O2. The van der Waals surface area contributed by atoms with Gasteiger partial charge in [-0.2, -0.15) is 43.9 Å². The van der Waals surface area contributed by atoms with Crippen molar-refractivity contribution in [3.8, 4) is 16.9 Å². The van der Waals surface area contributed by atoms with Gasteiger partial charge in [-0.3, -0.25) is 0 Å². The number of ether oxygens (including phenoxy) is 2. The number of rotatable bonds is 13. The summed E-state index contributed by atoms with van der Waals surface area (Å²) in [5.74, 6) is -34.8. The Labute approximate surface area is 203 Å². The molecule has 0 aliphatic rings. The molecule has 0 saturated carbocycles. The summed E-state index contributed by atoms with van der Waals surface area (Å²) >= 11 is 0. The highest BCUT2D eigenvalue weighted by atomic mass is 19.4. The van der Waals surface area contributed by atoms with E-state index in [1.54, 1.807) is 24.3 Å². The number of halogens is 12. The van der Waals surface area contributed by atoms with Crippen molar-refractivity contribution in [3.63, 3.8) is 0 Å². The molecule has 14 heteroatoms. The van der Waals surface area contributed by atoms with E-state index in [1.807, 2.05) is 6.92 Å². The quantitative estimate of drug-likeness (QED) is 0.232. The first-order valence-corrected chi connectivity index (χ1v) is 10.5. The Morgan fingerprint density at radius 3 is 1.62 bits per heavy atom. The van der Waals surface area contributed by atoms with E-state index in [-0.39, 0.29) is 5.56 Å². The van der Waals surface area contributed by atoms with Gasteiger partial charge in [0.1, 0.15) is 12.4 Å². The zero-order valence-corrected chi connectivity index (χ0v) is 18.9. The fourth-order valence-corrected chi connectivity index (χ4v) is 2.92. The van der Waals surface area contributed by atoms with E-state index in [2.05, 4.69) is 4.74 Å². The first kappa shape index (κ1) is 30.6. The average molecular weight is 556 g/mol. The first-order valence-electron chi connectivity index (χ1n) is 10.5. The lowest BCUT2D eigenvalue weighted by molar-refractivity contribution is -0.415. The predicted octanol–water partition coefficient (Wildman–Crippen LogP) is 8.10.